The maximum Gasteiger partial charge on any atom is 0.185 e. The van der Waals surface area contributed by atoms with Crippen LogP contribution in [-0.2, 0) is 4.79 Å². The minimum Gasteiger partial charge on any atom is -0.396 e. The summed E-state index contributed by atoms with van der Waals surface area (Å²) in [6.07, 6.45) is 6.51. The summed E-state index contributed by atoms with van der Waals surface area (Å²) in [6.45, 7) is 3.49. The normalized spacial score (nSPS) is 10.9. The van der Waals surface area contributed by atoms with E-state index < -0.39 is 0 Å². The molecule has 92 valence electrons. The van der Waals surface area contributed by atoms with Crippen molar-refractivity contribution in [1.29, 1.82) is 0 Å². The fourth-order valence-electron chi connectivity index (χ4n) is 1.30. The van der Waals surface area contributed by atoms with Crippen LogP contribution < -0.4 is 11.5 Å². The molecule has 0 aliphatic carbocycles. The summed E-state index contributed by atoms with van der Waals surface area (Å²) >= 11 is 1.33. The van der Waals surface area contributed by atoms with Gasteiger partial charge in [0.15, 0.2) is 5.12 Å². The van der Waals surface area contributed by atoms with E-state index in [9.17, 15) is 4.79 Å². The van der Waals surface area contributed by atoms with Crippen LogP contribution in [-0.4, -0.2) is 15.9 Å². The van der Waals surface area contributed by atoms with Gasteiger partial charge in [-0.1, -0.05) is 23.9 Å². The van der Waals surface area contributed by atoms with Crippen LogP contribution in [0, 0.1) is 6.92 Å². The first-order valence-electron chi connectivity index (χ1n) is 5.33. The van der Waals surface area contributed by atoms with Crippen molar-refractivity contribution in [2.24, 2.45) is 0 Å². The van der Waals surface area contributed by atoms with E-state index in [1.54, 1.807) is 13.1 Å². The van der Waals surface area contributed by atoms with Crippen LogP contribution in [0.1, 0.15) is 24.5 Å². The van der Waals surface area contributed by atoms with Gasteiger partial charge in [-0.15, -0.1) is 0 Å². The average Bonchev–Trinajstić information content (AvgIpc) is 2.28. The topological polar surface area (TPSA) is 82.0 Å². The molecule has 1 heterocycles. The third-order valence-electron chi connectivity index (χ3n) is 2.34. The molecule has 1 aromatic heterocycles. The number of carbonyl (C=O) groups is 1. The summed E-state index contributed by atoms with van der Waals surface area (Å²) in [5, 5.41) is 0.146. The van der Waals surface area contributed by atoms with Crippen LogP contribution in [0.3, 0.4) is 0 Å². The number of allylic oxidation sites excluding steroid dienone is 1. The van der Waals surface area contributed by atoms with E-state index in [1.165, 1.54) is 11.8 Å². The molecule has 4 N–H and O–H groups in total. The molecule has 0 spiro atoms. The predicted molar refractivity (Wildman–Crippen MR) is 74.6 cm³/mol. The molecule has 0 bridgehead atoms. The Morgan fingerprint density at radius 1 is 1.53 bits per heavy atom. The molecule has 4 nitrogen and oxygen atoms in total. The summed E-state index contributed by atoms with van der Waals surface area (Å²) in [5.41, 5.74) is 13.8. The molecular formula is C12H17N3OS. The number of rotatable bonds is 4. The van der Waals surface area contributed by atoms with Crippen molar-refractivity contribution in [1.82, 2.24) is 4.98 Å². The van der Waals surface area contributed by atoms with Crippen LogP contribution in [0.2, 0.25) is 0 Å². The first kappa shape index (κ1) is 13.6. The van der Waals surface area contributed by atoms with Crippen LogP contribution in [0.25, 0.3) is 6.08 Å². The molecule has 0 aromatic carbocycles. The van der Waals surface area contributed by atoms with Gasteiger partial charge < -0.3 is 11.5 Å². The van der Waals surface area contributed by atoms with Crippen molar-refractivity contribution >= 4 is 34.5 Å². The van der Waals surface area contributed by atoms with Gasteiger partial charge in [-0.3, -0.25) is 4.79 Å². The molecule has 0 amide bonds. The minimum atomic E-state index is 0.146. The molecule has 0 aliphatic heterocycles. The number of pyridine rings is 1. The van der Waals surface area contributed by atoms with Crippen molar-refractivity contribution in [3.63, 3.8) is 0 Å². The lowest BCUT2D eigenvalue weighted by Gasteiger charge is -2.06. The second-order valence-electron chi connectivity index (χ2n) is 3.67. The second-order valence-corrected chi connectivity index (χ2v) is 4.94. The highest BCUT2D eigenvalue weighted by Gasteiger charge is 2.03. The Kier molecular flexibility index (Phi) is 5.03. The number of nitrogens with zero attached hydrogens (tertiary/aromatic N) is 1. The van der Waals surface area contributed by atoms with Gasteiger partial charge in [0.2, 0.25) is 0 Å². The quantitative estimate of drug-likeness (QED) is 0.802. The maximum absolute atomic E-state index is 10.7. The van der Waals surface area contributed by atoms with Crippen LogP contribution in [0.4, 0.5) is 11.5 Å². The summed E-state index contributed by atoms with van der Waals surface area (Å²) < 4.78 is 0. The Balaban J connectivity index is 2.60. The minimum absolute atomic E-state index is 0.146. The molecule has 0 saturated heterocycles. The summed E-state index contributed by atoms with van der Waals surface area (Å²) in [5.74, 6) is 1.16. The van der Waals surface area contributed by atoms with Gasteiger partial charge in [-0.05, 0) is 24.5 Å². The predicted octanol–water partition coefficient (Wildman–Crippen LogP) is 2.24. The number of nitrogens with two attached hydrogens (primary N) is 2. The zero-order valence-electron chi connectivity index (χ0n) is 10.1. The molecule has 17 heavy (non-hydrogen) atoms. The standard InChI is InChI=1S/C12H17N3OS/c1-8-10(7-15-12(14)11(8)13)5-3-4-6-17-9(2)16/h3,5,7H,4,6,13H2,1-2H3,(H2,14,15). The highest BCUT2D eigenvalue weighted by Crippen LogP contribution is 2.21. The maximum atomic E-state index is 10.7. The Bertz CT molecular complexity index is 444. The van der Waals surface area contributed by atoms with E-state index >= 15 is 0 Å². The third kappa shape index (κ3) is 4.11. The first-order valence-corrected chi connectivity index (χ1v) is 6.31. The van der Waals surface area contributed by atoms with Gasteiger partial charge in [-0.2, -0.15) is 0 Å². The van der Waals surface area contributed by atoms with Gasteiger partial charge >= 0.3 is 0 Å². The summed E-state index contributed by atoms with van der Waals surface area (Å²) in [4.78, 5) is 14.7. The zero-order chi connectivity index (χ0) is 12.8. The fourth-order valence-corrected chi connectivity index (χ4v) is 1.84. The largest absolute Gasteiger partial charge is 0.396 e. The highest BCUT2D eigenvalue weighted by molar-refractivity contribution is 8.13. The van der Waals surface area contributed by atoms with Gasteiger partial charge in [0.1, 0.15) is 5.82 Å². The zero-order valence-corrected chi connectivity index (χ0v) is 10.9. The summed E-state index contributed by atoms with van der Waals surface area (Å²) in [6, 6.07) is 0. The highest BCUT2D eigenvalue weighted by atomic mass is 32.2. The molecule has 0 aliphatic rings. The van der Waals surface area contributed by atoms with Gasteiger partial charge in [0.25, 0.3) is 0 Å². The molecule has 1 rings (SSSR count). The second kappa shape index (κ2) is 6.30. The number of carbonyl (C=O) groups excluding carboxylic acids is 1. The Hall–Kier alpha value is -1.49. The number of hydrogen-bond donors (Lipinski definition) is 2. The van der Waals surface area contributed by atoms with E-state index in [0.717, 1.165) is 23.3 Å². The lowest BCUT2D eigenvalue weighted by Crippen LogP contribution is -2.01. The molecule has 5 heteroatoms. The molecular weight excluding hydrogens is 234 g/mol. The van der Waals surface area contributed by atoms with E-state index in [0.29, 0.717) is 11.5 Å². The fraction of sp³-hybridized carbons (Fsp3) is 0.333. The number of thioether (sulfide) groups is 1. The lowest BCUT2D eigenvalue weighted by atomic mass is 10.1. The molecule has 1 aromatic rings. The average molecular weight is 251 g/mol. The Labute approximate surface area is 105 Å². The Morgan fingerprint density at radius 3 is 2.88 bits per heavy atom. The van der Waals surface area contributed by atoms with Crippen molar-refractivity contribution in [2.75, 3.05) is 17.2 Å². The van der Waals surface area contributed by atoms with Gasteiger partial charge in [0.05, 0.1) is 5.69 Å². The van der Waals surface area contributed by atoms with E-state index in [2.05, 4.69) is 4.98 Å². The third-order valence-corrected chi connectivity index (χ3v) is 3.19. The van der Waals surface area contributed by atoms with Gasteiger partial charge in [-0.25, -0.2) is 4.98 Å². The number of aromatic nitrogens is 1. The van der Waals surface area contributed by atoms with Crippen molar-refractivity contribution in [3.05, 3.63) is 23.4 Å². The van der Waals surface area contributed by atoms with Crippen LogP contribution in [0.15, 0.2) is 12.3 Å². The number of anilines is 2. The van der Waals surface area contributed by atoms with Crippen LogP contribution in [0.5, 0.6) is 0 Å². The monoisotopic (exact) mass is 251 g/mol. The summed E-state index contributed by atoms with van der Waals surface area (Å²) in [7, 11) is 0. The van der Waals surface area contributed by atoms with Gasteiger partial charge in [0, 0.05) is 18.9 Å². The van der Waals surface area contributed by atoms with Crippen molar-refractivity contribution in [2.45, 2.75) is 20.3 Å². The first-order chi connectivity index (χ1) is 8.02. The van der Waals surface area contributed by atoms with E-state index in [4.69, 9.17) is 11.5 Å². The smallest absolute Gasteiger partial charge is 0.185 e. The Morgan fingerprint density at radius 2 is 2.24 bits per heavy atom. The SMILES string of the molecule is CC(=O)SCCC=Cc1cnc(N)c(N)c1C. The number of nitrogen functional groups attached to an aromatic ring is 2. The molecule has 0 fully saturated rings. The molecule has 0 atom stereocenters. The van der Waals surface area contributed by atoms with E-state index in [1.807, 2.05) is 19.1 Å². The lowest BCUT2D eigenvalue weighted by molar-refractivity contribution is -0.109. The number of hydrogen-bond acceptors (Lipinski definition) is 5. The molecule has 0 unspecified atom stereocenters. The van der Waals surface area contributed by atoms with E-state index in [-0.39, 0.29) is 5.12 Å². The van der Waals surface area contributed by atoms with Crippen molar-refractivity contribution < 1.29 is 4.79 Å². The van der Waals surface area contributed by atoms with Crippen LogP contribution >= 0.6 is 11.8 Å². The molecule has 0 saturated carbocycles. The van der Waals surface area contributed by atoms with Crippen molar-refractivity contribution in [3.8, 4) is 0 Å². The molecule has 0 radical (unpaired) electrons.